The molecule has 3 heterocycles. The summed E-state index contributed by atoms with van der Waals surface area (Å²) in [5.41, 5.74) is 8.92. The van der Waals surface area contributed by atoms with Crippen LogP contribution in [0.4, 0.5) is 0 Å². The lowest BCUT2D eigenvalue weighted by molar-refractivity contribution is 0.478. The van der Waals surface area contributed by atoms with E-state index in [1.165, 1.54) is 27.6 Å². The maximum absolute atomic E-state index is 6.78. The third-order valence-electron chi connectivity index (χ3n) is 10.3. The molecule has 5 heteroatoms. The Hall–Kier alpha value is -5.68. The summed E-state index contributed by atoms with van der Waals surface area (Å²) in [5, 5.41) is 8.21. The van der Waals surface area contributed by atoms with E-state index in [1.807, 2.05) is 23.1 Å². The first-order valence-electron chi connectivity index (χ1n) is 17.8. The summed E-state index contributed by atoms with van der Waals surface area (Å²) in [7, 11) is 0. The Kier molecular flexibility index (Phi) is 7.83. The molecule has 0 aliphatic rings. The van der Waals surface area contributed by atoms with Gasteiger partial charge in [-0.2, -0.15) is 5.10 Å². The molecule has 0 fully saturated rings. The molecule has 0 amide bonds. The molecule has 3 aromatic heterocycles. The first kappa shape index (κ1) is 32.5. The van der Waals surface area contributed by atoms with Crippen molar-refractivity contribution in [2.75, 3.05) is 0 Å². The van der Waals surface area contributed by atoms with Gasteiger partial charge in [0, 0.05) is 39.9 Å². The van der Waals surface area contributed by atoms with Gasteiger partial charge in [0.05, 0.1) is 28.4 Å². The van der Waals surface area contributed by atoms with Crippen molar-refractivity contribution in [3.05, 3.63) is 156 Å². The van der Waals surface area contributed by atoms with E-state index in [0.717, 1.165) is 50.3 Å². The van der Waals surface area contributed by atoms with Crippen LogP contribution >= 0.6 is 0 Å². The highest BCUT2D eigenvalue weighted by atomic mass is 16.5. The highest BCUT2D eigenvalue weighted by Crippen LogP contribution is 2.40. The molecule has 254 valence electrons. The molecule has 0 saturated heterocycles. The molecule has 0 saturated carbocycles. The number of hydrogen-bond acceptors (Lipinski definition) is 3. The highest BCUT2D eigenvalue weighted by molar-refractivity contribution is 6.09. The molecule has 0 N–H and O–H groups in total. The Morgan fingerprint density at radius 3 is 2.18 bits per heavy atom. The van der Waals surface area contributed by atoms with E-state index in [9.17, 15) is 0 Å². The molecule has 8 aromatic rings. The Morgan fingerprint density at radius 1 is 0.608 bits per heavy atom. The summed E-state index contributed by atoms with van der Waals surface area (Å²) >= 11 is 0. The second-order valence-electron chi connectivity index (χ2n) is 15.5. The van der Waals surface area contributed by atoms with Gasteiger partial charge in [-0.3, -0.25) is 4.57 Å². The molecular weight excluding hydrogens is 625 g/mol. The quantitative estimate of drug-likeness (QED) is 0.170. The van der Waals surface area contributed by atoms with Gasteiger partial charge in [-0.15, -0.1) is 0 Å². The van der Waals surface area contributed by atoms with Gasteiger partial charge in [0.25, 0.3) is 0 Å². The molecule has 0 radical (unpaired) electrons. The first-order chi connectivity index (χ1) is 24.5. The zero-order chi connectivity index (χ0) is 35.5. The molecule has 0 atom stereocenters. The molecule has 51 heavy (non-hydrogen) atoms. The van der Waals surface area contributed by atoms with Crippen LogP contribution in [0.2, 0.25) is 0 Å². The molecule has 0 bridgehead atoms. The number of pyridine rings is 1. The van der Waals surface area contributed by atoms with E-state index in [4.69, 9.17) is 14.8 Å². The lowest BCUT2D eigenvalue weighted by atomic mass is 9.78. The van der Waals surface area contributed by atoms with Gasteiger partial charge in [0.1, 0.15) is 17.3 Å². The molecule has 0 aliphatic carbocycles. The molecule has 0 aliphatic heterocycles. The molecule has 0 unspecified atom stereocenters. The van der Waals surface area contributed by atoms with E-state index < -0.39 is 0 Å². The topological polar surface area (TPSA) is 44.9 Å². The van der Waals surface area contributed by atoms with Gasteiger partial charge in [-0.25, -0.2) is 9.67 Å². The average molecular weight is 669 g/mol. The van der Waals surface area contributed by atoms with Crippen LogP contribution in [0.15, 0.2) is 134 Å². The van der Waals surface area contributed by atoms with Gasteiger partial charge < -0.3 is 4.74 Å². The summed E-state index contributed by atoms with van der Waals surface area (Å²) < 4.78 is 11.1. The zero-order valence-electron chi connectivity index (χ0n) is 30.5. The first-order valence-corrected chi connectivity index (χ1v) is 17.8. The number of nitrogens with zero attached hydrogens (tertiary/aromatic N) is 4. The van der Waals surface area contributed by atoms with Crippen LogP contribution in [0.5, 0.6) is 11.5 Å². The van der Waals surface area contributed by atoms with Crippen LogP contribution < -0.4 is 4.74 Å². The third kappa shape index (κ3) is 5.87. The lowest BCUT2D eigenvalue weighted by Crippen LogP contribution is -2.18. The van der Waals surface area contributed by atoms with E-state index in [2.05, 4.69) is 168 Å². The minimum atomic E-state index is -0.168. The van der Waals surface area contributed by atoms with Crippen LogP contribution in [-0.4, -0.2) is 19.3 Å². The largest absolute Gasteiger partial charge is 0.457 e. The highest BCUT2D eigenvalue weighted by Gasteiger charge is 2.25. The number of para-hydroxylation sites is 1. The number of hydrogen-bond donors (Lipinski definition) is 0. The number of aromatic nitrogens is 4. The van der Waals surface area contributed by atoms with Crippen molar-refractivity contribution in [2.24, 2.45) is 0 Å². The Bertz CT molecular complexity index is 2550. The van der Waals surface area contributed by atoms with Crippen LogP contribution in [-0.2, 0) is 10.8 Å². The minimum Gasteiger partial charge on any atom is -0.457 e. The number of ether oxygens (including phenoxy) is 1. The minimum absolute atomic E-state index is 0.0915. The predicted octanol–water partition coefficient (Wildman–Crippen LogP) is 12.1. The number of rotatable bonds is 7. The van der Waals surface area contributed by atoms with E-state index in [-0.39, 0.29) is 10.8 Å². The van der Waals surface area contributed by atoms with Gasteiger partial charge in [-0.05, 0) is 88.2 Å². The second-order valence-corrected chi connectivity index (χ2v) is 15.5. The monoisotopic (exact) mass is 668 g/mol. The Labute approximate surface area is 300 Å². The molecular formula is C46H44N4O. The molecule has 5 aromatic carbocycles. The second kappa shape index (κ2) is 12.3. The van der Waals surface area contributed by atoms with Crippen LogP contribution in [0, 0.1) is 0 Å². The zero-order valence-corrected chi connectivity index (χ0v) is 30.5. The van der Waals surface area contributed by atoms with Crippen LogP contribution in [0.1, 0.15) is 76.6 Å². The Morgan fingerprint density at radius 2 is 1.39 bits per heavy atom. The van der Waals surface area contributed by atoms with Gasteiger partial charge in [-0.1, -0.05) is 103 Å². The Balaban J connectivity index is 1.29. The van der Waals surface area contributed by atoms with Crippen molar-refractivity contribution in [3.63, 3.8) is 0 Å². The third-order valence-corrected chi connectivity index (χ3v) is 10.3. The number of fused-ring (bicyclic) bond motifs is 4. The summed E-state index contributed by atoms with van der Waals surface area (Å²) in [6.07, 6.45) is 3.84. The van der Waals surface area contributed by atoms with Crippen molar-refractivity contribution in [3.8, 4) is 23.0 Å². The maximum Gasteiger partial charge on any atom is 0.137 e. The van der Waals surface area contributed by atoms with Crippen molar-refractivity contribution in [1.82, 2.24) is 19.3 Å². The van der Waals surface area contributed by atoms with Crippen LogP contribution in [0.3, 0.4) is 0 Å². The SMILES string of the molecule is CC(C)c1ccnc(-n2c3ccc(C(C)(C)c4ccccc4)cc3c3ccc(Oc4cc(-n5ncc6ccccc65)cc(C(C)(C)C)c4)cc32)c1. The smallest absolute Gasteiger partial charge is 0.137 e. The summed E-state index contributed by atoms with van der Waals surface area (Å²) in [6.45, 7) is 15.7. The van der Waals surface area contributed by atoms with Gasteiger partial charge in [0.2, 0.25) is 0 Å². The van der Waals surface area contributed by atoms with Crippen molar-refractivity contribution < 1.29 is 4.74 Å². The lowest BCUT2D eigenvalue weighted by Gasteiger charge is -2.26. The summed E-state index contributed by atoms with van der Waals surface area (Å²) in [6, 6.07) is 43.2. The summed E-state index contributed by atoms with van der Waals surface area (Å²) in [4.78, 5) is 4.91. The maximum atomic E-state index is 6.78. The average Bonchev–Trinajstić information content (AvgIpc) is 3.70. The normalized spacial score (nSPS) is 12.4. The number of benzene rings is 5. The predicted molar refractivity (Wildman–Crippen MR) is 211 cm³/mol. The van der Waals surface area contributed by atoms with Crippen molar-refractivity contribution in [1.29, 1.82) is 0 Å². The van der Waals surface area contributed by atoms with Gasteiger partial charge >= 0.3 is 0 Å². The molecule has 8 rings (SSSR count). The summed E-state index contributed by atoms with van der Waals surface area (Å²) in [5.74, 6) is 2.81. The van der Waals surface area contributed by atoms with Crippen LogP contribution in [0.25, 0.3) is 44.2 Å². The van der Waals surface area contributed by atoms with Crippen molar-refractivity contribution in [2.45, 2.75) is 65.2 Å². The fourth-order valence-corrected chi connectivity index (χ4v) is 7.15. The van der Waals surface area contributed by atoms with Gasteiger partial charge in [0.15, 0.2) is 0 Å². The molecule has 5 nitrogen and oxygen atoms in total. The fourth-order valence-electron chi connectivity index (χ4n) is 7.15. The fraction of sp³-hybridized carbons (Fsp3) is 0.217. The standard InChI is InChI=1S/C46H44N4O/c1-30(2)31-21-22-47-44(23-31)49-42-20-17-34(46(6,7)33-14-9-8-10-15-33)26-40(42)39-19-18-37(28-43(39)49)51-38-25-35(45(3,4)5)24-36(27-38)50-41-16-12-11-13-32(41)29-48-50/h8-30H,1-7H3. The molecule has 0 spiro atoms. The van der Waals surface area contributed by atoms with Crippen molar-refractivity contribution >= 4 is 32.7 Å². The van der Waals surface area contributed by atoms with E-state index >= 15 is 0 Å². The van der Waals surface area contributed by atoms with E-state index in [0.29, 0.717) is 5.92 Å². The van der Waals surface area contributed by atoms with E-state index in [1.54, 1.807) is 0 Å².